The maximum atomic E-state index is 12.3. The first-order valence-electron chi connectivity index (χ1n) is 5.75. The van der Waals surface area contributed by atoms with Crippen molar-refractivity contribution in [3.8, 4) is 0 Å². The van der Waals surface area contributed by atoms with Gasteiger partial charge in [0.15, 0.2) is 0 Å². The summed E-state index contributed by atoms with van der Waals surface area (Å²) in [4.78, 5) is 12.7. The van der Waals surface area contributed by atoms with Crippen LogP contribution in [0.1, 0.15) is 25.7 Å². The molecule has 0 aliphatic rings. The highest BCUT2D eigenvalue weighted by Crippen LogP contribution is 2.22. The molecule has 3 nitrogen and oxygen atoms in total. The van der Waals surface area contributed by atoms with E-state index in [1.54, 1.807) is 12.1 Å². The van der Waals surface area contributed by atoms with E-state index in [0.717, 1.165) is 20.9 Å². The Balaban J connectivity index is 2.18. The Morgan fingerprint density at radius 1 is 1.26 bits per heavy atom. The number of rotatable bonds is 4. The number of thiophene rings is 1. The van der Waals surface area contributed by atoms with Crippen LogP contribution < -0.4 is 0 Å². The van der Waals surface area contributed by atoms with E-state index >= 15 is 0 Å². The van der Waals surface area contributed by atoms with Crippen LogP contribution in [0.15, 0.2) is 35.2 Å². The molecule has 0 aliphatic carbocycles. The lowest BCUT2D eigenvalue weighted by atomic mass is 10.2. The first-order valence-corrected chi connectivity index (χ1v) is 7.88. The van der Waals surface area contributed by atoms with Gasteiger partial charge in [0.2, 0.25) is 0 Å². The van der Waals surface area contributed by atoms with E-state index in [9.17, 15) is 9.00 Å². The van der Waals surface area contributed by atoms with Gasteiger partial charge in [-0.05, 0) is 37.6 Å². The fourth-order valence-electron chi connectivity index (χ4n) is 1.83. The van der Waals surface area contributed by atoms with E-state index in [4.69, 9.17) is 5.11 Å². The lowest BCUT2D eigenvalue weighted by molar-refractivity contribution is 0.0702. The molecule has 19 heavy (non-hydrogen) atoms. The third kappa shape index (κ3) is 3.30. The Kier molecular flexibility index (Phi) is 4.17. The van der Waals surface area contributed by atoms with Gasteiger partial charge >= 0.3 is 5.97 Å². The molecule has 0 amide bonds. The molecule has 1 N–H and O–H groups in total. The van der Waals surface area contributed by atoms with Gasteiger partial charge in [-0.2, -0.15) is 0 Å². The minimum absolute atomic E-state index is 0.285. The summed E-state index contributed by atoms with van der Waals surface area (Å²) >= 11 is 1.18. The van der Waals surface area contributed by atoms with E-state index < -0.39 is 16.8 Å². The Hall–Kier alpha value is -1.46. The summed E-state index contributed by atoms with van der Waals surface area (Å²) in [5.41, 5.74) is 2.15. The molecule has 1 atom stereocenters. The van der Waals surface area contributed by atoms with Gasteiger partial charge in [-0.3, -0.25) is 4.21 Å². The molecule has 1 unspecified atom stereocenters. The van der Waals surface area contributed by atoms with Crippen LogP contribution >= 0.6 is 11.3 Å². The lowest BCUT2D eigenvalue weighted by Gasteiger charge is -2.05. The standard InChI is InChI=1S/C14H14O3S2/c1-9-3-6-13(10(2)7-9)19(17)8-11-4-5-12(18-11)14(15)16/h3-7H,8H2,1-2H3,(H,15,16). The highest BCUT2D eigenvalue weighted by Gasteiger charge is 2.12. The molecule has 0 spiro atoms. The molecule has 100 valence electrons. The van der Waals surface area contributed by atoms with Gasteiger partial charge in [0, 0.05) is 9.77 Å². The molecule has 1 aromatic heterocycles. The largest absolute Gasteiger partial charge is 0.477 e. The summed E-state index contributed by atoms with van der Waals surface area (Å²) in [6.45, 7) is 3.94. The van der Waals surface area contributed by atoms with Crippen LogP contribution in [0.2, 0.25) is 0 Å². The van der Waals surface area contributed by atoms with E-state index in [-0.39, 0.29) is 4.88 Å². The number of carboxylic acid groups (broad SMARTS) is 1. The van der Waals surface area contributed by atoms with E-state index in [2.05, 4.69) is 0 Å². The van der Waals surface area contributed by atoms with Gasteiger partial charge in [-0.1, -0.05) is 17.7 Å². The second-order valence-electron chi connectivity index (χ2n) is 4.33. The minimum Gasteiger partial charge on any atom is -0.477 e. The molecule has 1 aromatic carbocycles. The molecular weight excluding hydrogens is 280 g/mol. The highest BCUT2D eigenvalue weighted by molar-refractivity contribution is 7.84. The zero-order valence-electron chi connectivity index (χ0n) is 10.7. The summed E-state index contributed by atoms with van der Waals surface area (Å²) in [7, 11) is -1.14. The van der Waals surface area contributed by atoms with Gasteiger partial charge in [-0.25, -0.2) is 4.79 Å². The quantitative estimate of drug-likeness (QED) is 0.940. The fraction of sp³-hybridized carbons (Fsp3) is 0.214. The number of hydrogen-bond acceptors (Lipinski definition) is 3. The van der Waals surface area contributed by atoms with Crippen molar-refractivity contribution in [2.75, 3.05) is 0 Å². The topological polar surface area (TPSA) is 54.4 Å². The summed E-state index contributed by atoms with van der Waals surface area (Å²) in [6, 6.07) is 9.12. The Bertz CT molecular complexity index is 644. The average molecular weight is 294 g/mol. The van der Waals surface area contributed by atoms with Crippen LogP contribution in [0.3, 0.4) is 0 Å². The highest BCUT2D eigenvalue weighted by atomic mass is 32.2. The van der Waals surface area contributed by atoms with Crippen LogP contribution in [0.5, 0.6) is 0 Å². The summed E-state index contributed by atoms with van der Waals surface area (Å²) in [5, 5.41) is 8.86. The molecule has 0 aliphatic heterocycles. The third-order valence-electron chi connectivity index (χ3n) is 2.72. The zero-order valence-corrected chi connectivity index (χ0v) is 12.3. The maximum absolute atomic E-state index is 12.3. The minimum atomic E-state index is -1.14. The van der Waals surface area contributed by atoms with Gasteiger partial charge < -0.3 is 5.11 Å². The molecule has 0 saturated carbocycles. The normalized spacial score (nSPS) is 12.3. The summed E-state index contributed by atoms with van der Waals surface area (Å²) < 4.78 is 12.3. The molecule has 5 heteroatoms. The van der Waals surface area contributed by atoms with Crippen molar-refractivity contribution in [3.63, 3.8) is 0 Å². The Labute approximate surface area is 118 Å². The van der Waals surface area contributed by atoms with Crippen molar-refractivity contribution in [2.24, 2.45) is 0 Å². The zero-order chi connectivity index (χ0) is 14.0. The van der Waals surface area contributed by atoms with Gasteiger partial charge in [-0.15, -0.1) is 11.3 Å². The van der Waals surface area contributed by atoms with E-state index in [1.165, 1.54) is 11.3 Å². The van der Waals surface area contributed by atoms with Crippen molar-refractivity contribution in [1.82, 2.24) is 0 Å². The van der Waals surface area contributed by atoms with E-state index in [1.807, 2.05) is 32.0 Å². The Morgan fingerprint density at radius 2 is 2.00 bits per heavy atom. The second kappa shape index (κ2) is 5.67. The second-order valence-corrected chi connectivity index (χ2v) is 6.92. The molecule has 0 saturated heterocycles. The number of benzene rings is 1. The third-order valence-corrected chi connectivity index (χ3v) is 5.50. The number of carbonyl (C=O) groups is 1. The molecular formula is C14H14O3S2. The van der Waals surface area contributed by atoms with Gasteiger partial charge in [0.05, 0.1) is 16.6 Å². The molecule has 0 radical (unpaired) electrons. The van der Waals surface area contributed by atoms with Crippen LogP contribution in [-0.4, -0.2) is 15.3 Å². The van der Waals surface area contributed by atoms with Crippen molar-refractivity contribution >= 4 is 28.1 Å². The smallest absolute Gasteiger partial charge is 0.345 e. The summed E-state index contributed by atoms with van der Waals surface area (Å²) in [6.07, 6.45) is 0. The molecule has 0 bridgehead atoms. The first kappa shape index (κ1) is 14.0. The number of aryl methyl sites for hydroxylation is 2. The maximum Gasteiger partial charge on any atom is 0.345 e. The van der Waals surface area contributed by atoms with E-state index in [0.29, 0.717) is 5.75 Å². The predicted molar refractivity (Wildman–Crippen MR) is 77.3 cm³/mol. The first-order chi connectivity index (χ1) is 8.97. The fourth-order valence-corrected chi connectivity index (χ4v) is 4.18. The van der Waals surface area contributed by atoms with Crippen LogP contribution in [0, 0.1) is 13.8 Å². The molecule has 2 rings (SSSR count). The van der Waals surface area contributed by atoms with Gasteiger partial charge in [0.1, 0.15) is 4.88 Å². The number of aromatic carboxylic acids is 1. The lowest BCUT2D eigenvalue weighted by Crippen LogP contribution is -1.97. The number of carboxylic acids is 1. The van der Waals surface area contributed by atoms with Crippen molar-refractivity contribution in [2.45, 2.75) is 24.5 Å². The Morgan fingerprint density at radius 3 is 2.58 bits per heavy atom. The van der Waals surface area contributed by atoms with Crippen molar-refractivity contribution in [1.29, 1.82) is 0 Å². The number of hydrogen-bond donors (Lipinski definition) is 1. The van der Waals surface area contributed by atoms with Crippen molar-refractivity contribution < 1.29 is 14.1 Å². The van der Waals surface area contributed by atoms with Crippen LogP contribution in [-0.2, 0) is 16.6 Å². The predicted octanol–water partition coefficient (Wildman–Crippen LogP) is 3.37. The van der Waals surface area contributed by atoms with Crippen LogP contribution in [0.25, 0.3) is 0 Å². The summed E-state index contributed by atoms with van der Waals surface area (Å²) in [5.74, 6) is -0.574. The molecule has 0 fully saturated rings. The van der Waals surface area contributed by atoms with Crippen molar-refractivity contribution in [3.05, 3.63) is 51.2 Å². The molecule has 2 aromatic rings. The van der Waals surface area contributed by atoms with Crippen LogP contribution in [0.4, 0.5) is 0 Å². The average Bonchev–Trinajstić information content (AvgIpc) is 2.77. The monoisotopic (exact) mass is 294 g/mol. The van der Waals surface area contributed by atoms with Gasteiger partial charge in [0.25, 0.3) is 0 Å². The SMILES string of the molecule is Cc1ccc(S(=O)Cc2ccc(C(=O)O)s2)c(C)c1. The molecule has 1 heterocycles.